The normalized spacial score (nSPS) is 11.9. The maximum absolute atomic E-state index is 12.2. The third kappa shape index (κ3) is 3.79. The molecule has 6 nitrogen and oxygen atoms in total. The van der Waals surface area contributed by atoms with Crippen LogP contribution >= 0.6 is 11.3 Å². The van der Waals surface area contributed by atoms with Crippen molar-refractivity contribution in [2.24, 2.45) is 7.05 Å². The first-order chi connectivity index (χ1) is 9.97. The minimum atomic E-state index is -0.992. The zero-order chi connectivity index (χ0) is 15.4. The minimum Gasteiger partial charge on any atom is -0.481 e. The molecular formula is C14H14N2O4S. The highest BCUT2D eigenvalue weighted by molar-refractivity contribution is 7.10. The molecule has 0 bridgehead atoms. The molecule has 1 amide bonds. The molecule has 21 heavy (non-hydrogen) atoms. The summed E-state index contributed by atoms with van der Waals surface area (Å²) in [6.45, 7) is 0. The summed E-state index contributed by atoms with van der Waals surface area (Å²) < 4.78 is 1.30. The van der Waals surface area contributed by atoms with Crippen molar-refractivity contribution in [3.8, 4) is 0 Å². The molecule has 1 unspecified atom stereocenters. The largest absolute Gasteiger partial charge is 0.481 e. The minimum absolute atomic E-state index is 0.196. The lowest BCUT2D eigenvalue weighted by Crippen LogP contribution is -2.30. The quantitative estimate of drug-likeness (QED) is 0.874. The van der Waals surface area contributed by atoms with Crippen LogP contribution in [-0.2, 0) is 11.8 Å². The van der Waals surface area contributed by atoms with Gasteiger partial charge < -0.3 is 15.0 Å². The third-order valence-corrected chi connectivity index (χ3v) is 3.90. The summed E-state index contributed by atoms with van der Waals surface area (Å²) in [6, 6.07) is 5.70. The summed E-state index contributed by atoms with van der Waals surface area (Å²) in [5.41, 5.74) is 0.0935. The molecule has 2 N–H and O–H groups in total. The van der Waals surface area contributed by atoms with E-state index in [1.807, 2.05) is 5.38 Å². The van der Waals surface area contributed by atoms with E-state index < -0.39 is 17.9 Å². The molecule has 0 saturated heterocycles. The maximum atomic E-state index is 12.2. The maximum Gasteiger partial charge on any atom is 0.305 e. The Bertz CT molecular complexity index is 706. The SMILES string of the molecule is Cn1cc(C(=O)NC(CC(=O)O)c2cccs2)ccc1=O. The number of nitrogens with one attached hydrogen (secondary N) is 1. The van der Waals surface area contributed by atoms with Gasteiger partial charge in [-0.25, -0.2) is 0 Å². The molecule has 0 fully saturated rings. The molecule has 0 aliphatic heterocycles. The summed E-state index contributed by atoms with van der Waals surface area (Å²) in [5.74, 6) is -1.40. The van der Waals surface area contributed by atoms with Crippen molar-refractivity contribution in [2.75, 3.05) is 0 Å². The number of hydrogen-bond acceptors (Lipinski definition) is 4. The molecule has 2 aromatic heterocycles. The molecule has 2 aromatic rings. The molecule has 0 aliphatic carbocycles. The summed E-state index contributed by atoms with van der Waals surface area (Å²) in [5, 5.41) is 13.5. The van der Waals surface area contributed by atoms with Crippen molar-refractivity contribution in [2.45, 2.75) is 12.5 Å². The zero-order valence-corrected chi connectivity index (χ0v) is 12.1. The van der Waals surface area contributed by atoms with Crippen LogP contribution in [-0.4, -0.2) is 21.6 Å². The fourth-order valence-corrected chi connectivity index (χ4v) is 2.63. The number of amides is 1. The number of carbonyl (C=O) groups excluding carboxylic acids is 1. The number of carboxylic acid groups (broad SMARTS) is 1. The van der Waals surface area contributed by atoms with E-state index in [1.54, 1.807) is 19.2 Å². The molecule has 0 aliphatic rings. The number of aliphatic carboxylic acids is 1. The van der Waals surface area contributed by atoms with Gasteiger partial charge in [-0.05, 0) is 17.5 Å². The zero-order valence-electron chi connectivity index (χ0n) is 11.3. The fraction of sp³-hybridized carbons (Fsp3) is 0.214. The Balaban J connectivity index is 2.19. The Morgan fingerprint density at radius 2 is 2.14 bits per heavy atom. The van der Waals surface area contributed by atoms with E-state index in [0.29, 0.717) is 5.56 Å². The number of pyridine rings is 1. The van der Waals surface area contributed by atoms with E-state index >= 15 is 0 Å². The van der Waals surface area contributed by atoms with E-state index in [-0.39, 0.29) is 12.0 Å². The molecular weight excluding hydrogens is 292 g/mol. The van der Waals surface area contributed by atoms with Gasteiger partial charge in [-0.2, -0.15) is 0 Å². The number of aromatic nitrogens is 1. The van der Waals surface area contributed by atoms with E-state index in [4.69, 9.17) is 5.11 Å². The molecule has 110 valence electrons. The lowest BCUT2D eigenvalue weighted by atomic mass is 10.1. The number of rotatable bonds is 5. The molecule has 0 aromatic carbocycles. The van der Waals surface area contributed by atoms with Crippen molar-refractivity contribution in [1.29, 1.82) is 0 Å². The predicted molar refractivity (Wildman–Crippen MR) is 78.5 cm³/mol. The second-order valence-corrected chi connectivity index (χ2v) is 5.49. The third-order valence-electron chi connectivity index (χ3n) is 2.92. The van der Waals surface area contributed by atoms with Crippen molar-refractivity contribution in [3.05, 3.63) is 56.6 Å². The van der Waals surface area contributed by atoms with Crippen LogP contribution in [0.15, 0.2) is 40.6 Å². The van der Waals surface area contributed by atoms with E-state index in [0.717, 1.165) is 4.88 Å². The summed E-state index contributed by atoms with van der Waals surface area (Å²) >= 11 is 1.38. The van der Waals surface area contributed by atoms with Gasteiger partial charge in [-0.15, -0.1) is 11.3 Å². The molecule has 1 atom stereocenters. The number of carboxylic acids is 1. The molecule has 2 heterocycles. The van der Waals surface area contributed by atoms with Gasteiger partial charge in [0, 0.05) is 24.2 Å². The van der Waals surface area contributed by atoms with Gasteiger partial charge in [0.2, 0.25) is 5.56 Å². The van der Waals surface area contributed by atoms with Crippen molar-refractivity contribution < 1.29 is 14.7 Å². The highest BCUT2D eigenvalue weighted by Crippen LogP contribution is 2.22. The number of carbonyl (C=O) groups is 2. The first-order valence-electron chi connectivity index (χ1n) is 6.20. The molecule has 2 rings (SSSR count). The van der Waals surface area contributed by atoms with Gasteiger partial charge in [0.25, 0.3) is 5.91 Å². The topological polar surface area (TPSA) is 88.4 Å². The lowest BCUT2D eigenvalue weighted by molar-refractivity contribution is -0.137. The molecule has 7 heteroatoms. The van der Waals surface area contributed by atoms with E-state index in [1.165, 1.54) is 34.2 Å². The average Bonchev–Trinajstić information content (AvgIpc) is 2.94. The van der Waals surface area contributed by atoms with Crippen LogP contribution in [0.4, 0.5) is 0 Å². The Labute approximate surface area is 124 Å². The number of thiophene rings is 1. The fourth-order valence-electron chi connectivity index (χ4n) is 1.86. The highest BCUT2D eigenvalue weighted by Gasteiger charge is 2.20. The van der Waals surface area contributed by atoms with Crippen LogP contribution in [0.5, 0.6) is 0 Å². The second-order valence-electron chi connectivity index (χ2n) is 4.51. The standard InChI is InChI=1S/C14H14N2O4S/c1-16-8-9(4-5-12(16)17)14(20)15-10(7-13(18)19)11-3-2-6-21-11/h2-6,8,10H,7H2,1H3,(H,15,20)(H,18,19). The summed E-state index contributed by atoms with van der Waals surface area (Å²) in [6.07, 6.45) is 1.22. The smallest absolute Gasteiger partial charge is 0.305 e. The van der Waals surface area contributed by atoms with Gasteiger partial charge in [-0.3, -0.25) is 14.4 Å². The first kappa shape index (κ1) is 15.0. The van der Waals surface area contributed by atoms with Crippen LogP contribution in [0, 0.1) is 0 Å². The summed E-state index contributed by atoms with van der Waals surface area (Å²) in [7, 11) is 1.55. The number of nitrogens with zero attached hydrogens (tertiary/aromatic N) is 1. The Kier molecular flexibility index (Phi) is 4.54. The van der Waals surface area contributed by atoms with Gasteiger partial charge in [-0.1, -0.05) is 6.07 Å². The van der Waals surface area contributed by atoms with Crippen molar-refractivity contribution >= 4 is 23.2 Å². The highest BCUT2D eigenvalue weighted by atomic mass is 32.1. The van der Waals surface area contributed by atoms with Gasteiger partial charge in [0.1, 0.15) is 0 Å². The Morgan fingerprint density at radius 3 is 2.71 bits per heavy atom. The first-order valence-corrected chi connectivity index (χ1v) is 7.08. The Hall–Kier alpha value is -2.41. The van der Waals surface area contributed by atoms with Crippen LogP contribution < -0.4 is 10.9 Å². The van der Waals surface area contributed by atoms with E-state index in [2.05, 4.69) is 5.32 Å². The monoisotopic (exact) mass is 306 g/mol. The predicted octanol–water partition coefficient (Wildman–Crippen LogP) is 1.39. The molecule has 0 spiro atoms. The lowest BCUT2D eigenvalue weighted by Gasteiger charge is -2.15. The molecule has 0 saturated carbocycles. The van der Waals surface area contributed by atoms with Gasteiger partial charge in [0.05, 0.1) is 18.0 Å². The molecule has 0 radical (unpaired) electrons. The Morgan fingerprint density at radius 1 is 1.38 bits per heavy atom. The average molecular weight is 306 g/mol. The van der Waals surface area contributed by atoms with Gasteiger partial charge in [0.15, 0.2) is 0 Å². The van der Waals surface area contributed by atoms with Crippen LogP contribution in [0.25, 0.3) is 0 Å². The van der Waals surface area contributed by atoms with Crippen LogP contribution in [0.3, 0.4) is 0 Å². The van der Waals surface area contributed by atoms with Crippen molar-refractivity contribution in [1.82, 2.24) is 9.88 Å². The van der Waals surface area contributed by atoms with Crippen LogP contribution in [0.2, 0.25) is 0 Å². The second kappa shape index (κ2) is 6.36. The number of aryl methyl sites for hydroxylation is 1. The van der Waals surface area contributed by atoms with Crippen molar-refractivity contribution in [3.63, 3.8) is 0 Å². The number of hydrogen-bond donors (Lipinski definition) is 2. The van der Waals surface area contributed by atoms with Crippen LogP contribution in [0.1, 0.15) is 27.7 Å². The summed E-state index contributed by atoms with van der Waals surface area (Å²) in [4.78, 5) is 35.2. The van der Waals surface area contributed by atoms with Gasteiger partial charge >= 0.3 is 5.97 Å². The van der Waals surface area contributed by atoms with E-state index in [9.17, 15) is 14.4 Å².